The largest absolute Gasteiger partial charge is 0.381 e. The van der Waals surface area contributed by atoms with Gasteiger partial charge in [-0.15, -0.1) is 0 Å². The minimum Gasteiger partial charge on any atom is -0.381 e. The van der Waals surface area contributed by atoms with Crippen LogP contribution in [-0.4, -0.2) is 35.6 Å². The number of rotatable bonds is 6. The summed E-state index contributed by atoms with van der Waals surface area (Å²) >= 11 is 0. The van der Waals surface area contributed by atoms with Crippen LogP contribution >= 0.6 is 0 Å². The number of likely N-dealkylation sites (N-methyl/N-ethyl adjacent to an activating group) is 1. The number of ether oxygens (including phenoxy) is 1. The van der Waals surface area contributed by atoms with E-state index in [1.807, 2.05) is 10.9 Å². The highest BCUT2D eigenvalue weighted by Crippen LogP contribution is 2.21. The summed E-state index contributed by atoms with van der Waals surface area (Å²) in [6, 6.07) is 0.563. The van der Waals surface area contributed by atoms with Crippen LogP contribution in [-0.2, 0) is 17.7 Å². The topological polar surface area (TPSA) is 39.1 Å². The highest BCUT2D eigenvalue weighted by molar-refractivity contribution is 5.07. The van der Waals surface area contributed by atoms with Crippen molar-refractivity contribution in [3.63, 3.8) is 0 Å². The molecule has 0 amide bonds. The second kappa shape index (κ2) is 6.90. The van der Waals surface area contributed by atoms with Crippen LogP contribution in [0.5, 0.6) is 0 Å². The third-order valence-corrected chi connectivity index (χ3v) is 3.77. The van der Waals surface area contributed by atoms with Gasteiger partial charge < -0.3 is 10.1 Å². The summed E-state index contributed by atoms with van der Waals surface area (Å²) in [5, 5.41) is 7.99. The zero-order valence-electron chi connectivity index (χ0n) is 11.6. The number of aryl methyl sites for hydroxylation is 1. The molecule has 1 aromatic heterocycles. The first-order chi connectivity index (χ1) is 8.83. The number of hydrogen-bond donors (Lipinski definition) is 1. The van der Waals surface area contributed by atoms with Crippen molar-refractivity contribution in [2.45, 2.75) is 45.7 Å². The maximum Gasteiger partial charge on any atom is 0.0522 e. The summed E-state index contributed by atoms with van der Waals surface area (Å²) in [6.07, 6.45) is 7.62. The summed E-state index contributed by atoms with van der Waals surface area (Å²) in [6.45, 7) is 8.12. The lowest BCUT2D eigenvalue weighted by atomic mass is 9.88. The van der Waals surface area contributed by atoms with E-state index in [9.17, 15) is 0 Å². The predicted octanol–water partition coefficient (Wildman–Crippen LogP) is 1.85. The standard InChI is InChI=1S/C14H25N3O/c1-3-15-14(13-5-7-18-8-6-13)9-12-10-16-17(4-2)11-12/h10-11,13-15H,3-9H2,1-2H3. The molecule has 1 N–H and O–H groups in total. The van der Waals surface area contributed by atoms with Gasteiger partial charge in [-0.1, -0.05) is 6.92 Å². The zero-order valence-corrected chi connectivity index (χ0v) is 11.6. The summed E-state index contributed by atoms with van der Waals surface area (Å²) in [5.41, 5.74) is 1.34. The van der Waals surface area contributed by atoms with Gasteiger partial charge in [0.1, 0.15) is 0 Å². The van der Waals surface area contributed by atoms with Gasteiger partial charge in [0.05, 0.1) is 6.20 Å². The SMILES string of the molecule is CCNC(Cc1cnn(CC)c1)C1CCOCC1. The molecule has 4 nitrogen and oxygen atoms in total. The highest BCUT2D eigenvalue weighted by Gasteiger charge is 2.23. The first kappa shape index (κ1) is 13.6. The van der Waals surface area contributed by atoms with Crippen LogP contribution < -0.4 is 5.32 Å². The molecule has 1 aliphatic heterocycles. The van der Waals surface area contributed by atoms with Crippen molar-refractivity contribution in [1.82, 2.24) is 15.1 Å². The fourth-order valence-electron chi connectivity index (χ4n) is 2.72. The van der Waals surface area contributed by atoms with Crippen LogP contribution in [0.15, 0.2) is 12.4 Å². The van der Waals surface area contributed by atoms with Crippen molar-refractivity contribution in [3.8, 4) is 0 Å². The monoisotopic (exact) mass is 251 g/mol. The Morgan fingerprint density at radius 3 is 2.83 bits per heavy atom. The molecular formula is C14H25N3O. The van der Waals surface area contributed by atoms with Gasteiger partial charge in [0.25, 0.3) is 0 Å². The number of hydrogen-bond acceptors (Lipinski definition) is 3. The van der Waals surface area contributed by atoms with E-state index >= 15 is 0 Å². The maximum absolute atomic E-state index is 5.46. The lowest BCUT2D eigenvalue weighted by Crippen LogP contribution is -2.40. The molecule has 102 valence electrons. The van der Waals surface area contributed by atoms with Crippen molar-refractivity contribution in [1.29, 1.82) is 0 Å². The molecule has 2 heterocycles. The lowest BCUT2D eigenvalue weighted by Gasteiger charge is -2.30. The molecule has 1 unspecified atom stereocenters. The summed E-state index contributed by atoms with van der Waals surface area (Å²) in [7, 11) is 0. The molecule has 1 aromatic rings. The minimum atomic E-state index is 0.563. The van der Waals surface area contributed by atoms with E-state index in [0.29, 0.717) is 6.04 Å². The van der Waals surface area contributed by atoms with Gasteiger partial charge in [0.2, 0.25) is 0 Å². The van der Waals surface area contributed by atoms with Crippen molar-refractivity contribution < 1.29 is 4.74 Å². The van der Waals surface area contributed by atoms with Crippen molar-refractivity contribution in [3.05, 3.63) is 18.0 Å². The average molecular weight is 251 g/mol. The van der Waals surface area contributed by atoms with Crippen LogP contribution in [0.4, 0.5) is 0 Å². The van der Waals surface area contributed by atoms with Gasteiger partial charge in [0.15, 0.2) is 0 Å². The van der Waals surface area contributed by atoms with E-state index in [4.69, 9.17) is 4.74 Å². The van der Waals surface area contributed by atoms with E-state index < -0.39 is 0 Å². The van der Waals surface area contributed by atoms with Crippen molar-refractivity contribution in [2.24, 2.45) is 5.92 Å². The molecule has 0 spiro atoms. The number of nitrogens with zero attached hydrogens (tertiary/aromatic N) is 2. The van der Waals surface area contributed by atoms with Crippen LogP contribution in [0.1, 0.15) is 32.3 Å². The van der Waals surface area contributed by atoms with Crippen LogP contribution in [0, 0.1) is 5.92 Å². The van der Waals surface area contributed by atoms with E-state index in [-0.39, 0.29) is 0 Å². The van der Waals surface area contributed by atoms with Crippen LogP contribution in [0.25, 0.3) is 0 Å². The molecule has 0 aromatic carbocycles. The fraction of sp³-hybridized carbons (Fsp3) is 0.786. The van der Waals surface area contributed by atoms with Crippen LogP contribution in [0.2, 0.25) is 0 Å². The Labute approximate surface area is 110 Å². The highest BCUT2D eigenvalue weighted by atomic mass is 16.5. The Morgan fingerprint density at radius 1 is 1.44 bits per heavy atom. The molecule has 1 atom stereocenters. The predicted molar refractivity (Wildman–Crippen MR) is 72.6 cm³/mol. The van der Waals surface area contributed by atoms with E-state index in [1.165, 1.54) is 18.4 Å². The second-order valence-electron chi connectivity index (χ2n) is 5.02. The summed E-state index contributed by atoms with van der Waals surface area (Å²) < 4.78 is 7.46. The molecule has 1 aliphatic rings. The third-order valence-electron chi connectivity index (χ3n) is 3.77. The maximum atomic E-state index is 5.46. The lowest BCUT2D eigenvalue weighted by molar-refractivity contribution is 0.0540. The smallest absolute Gasteiger partial charge is 0.0522 e. The number of nitrogens with one attached hydrogen (secondary N) is 1. The molecule has 0 saturated carbocycles. The van der Waals surface area contributed by atoms with Gasteiger partial charge in [-0.25, -0.2) is 0 Å². The Hall–Kier alpha value is -0.870. The zero-order chi connectivity index (χ0) is 12.8. The molecule has 2 rings (SSSR count). The van der Waals surface area contributed by atoms with Gasteiger partial charge in [-0.05, 0) is 44.2 Å². The van der Waals surface area contributed by atoms with E-state index in [1.54, 1.807) is 0 Å². The molecule has 0 radical (unpaired) electrons. The normalized spacial score (nSPS) is 19.0. The Bertz CT molecular complexity index is 345. The van der Waals surface area contributed by atoms with Gasteiger partial charge in [0, 0.05) is 32.0 Å². The first-order valence-electron chi connectivity index (χ1n) is 7.16. The van der Waals surface area contributed by atoms with E-state index in [2.05, 4.69) is 30.5 Å². The minimum absolute atomic E-state index is 0.563. The molecule has 4 heteroatoms. The van der Waals surface area contributed by atoms with Crippen molar-refractivity contribution in [2.75, 3.05) is 19.8 Å². The van der Waals surface area contributed by atoms with E-state index in [0.717, 1.165) is 38.6 Å². The van der Waals surface area contributed by atoms with Gasteiger partial charge >= 0.3 is 0 Å². The third kappa shape index (κ3) is 3.56. The molecule has 1 fully saturated rings. The van der Waals surface area contributed by atoms with Crippen LogP contribution in [0.3, 0.4) is 0 Å². The van der Waals surface area contributed by atoms with Gasteiger partial charge in [-0.2, -0.15) is 5.10 Å². The van der Waals surface area contributed by atoms with Crippen molar-refractivity contribution >= 4 is 0 Å². The Kier molecular flexibility index (Phi) is 5.20. The quantitative estimate of drug-likeness (QED) is 0.838. The second-order valence-corrected chi connectivity index (χ2v) is 5.02. The van der Waals surface area contributed by atoms with Gasteiger partial charge in [-0.3, -0.25) is 4.68 Å². The Balaban J connectivity index is 1.95. The summed E-state index contributed by atoms with van der Waals surface area (Å²) in [5.74, 6) is 0.740. The molecule has 18 heavy (non-hydrogen) atoms. The first-order valence-corrected chi connectivity index (χ1v) is 7.16. The molecule has 1 saturated heterocycles. The Morgan fingerprint density at radius 2 is 2.22 bits per heavy atom. The molecular weight excluding hydrogens is 226 g/mol. The molecule has 0 bridgehead atoms. The molecule has 0 aliphatic carbocycles. The number of aromatic nitrogens is 2. The average Bonchev–Trinajstić information content (AvgIpc) is 2.87. The fourth-order valence-corrected chi connectivity index (χ4v) is 2.72. The summed E-state index contributed by atoms with van der Waals surface area (Å²) in [4.78, 5) is 0.